The Labute approximate surface area is 80.4 Å². The van der Waals surface area contributed by atoms with Crippen molar-refractivity contribution in [3.63, 3.8) is 0 Å². The van der Waals surface area contributed by atoms with Crippen LogP contribution in [0.25, 0.3) is 0 Å². The molecule has 0 fully saturated rings. The number of esters is 2. The van der Waals surface area contributed by atoms with Gasteiger partial charge in [0.1, 0.15) is 6.04 Å². The maximum Gasteiger partial charge on any atom is 0.325 e. The Morgan fingerprint density at radius 2 is 1.79 bits per heavy atom. The third-order valence-corrected chi connectivity index (χ3v) is 1.39. The topological polar surface area (TPSA) is 119 Å². The number of hydrogen-bond acceptors (Lipinski definition) is 7. The summed E-state index contributed by atoms with van der Waals surface area (Å²) in [5.74, 6) is -1.44. The second kappa shape index (κ2) is 7.25. The zero-order valence-corrected chi connectivity index (χ0v) is 7.51. The summed E-state index contributed by atoms with van der Waals surface area (Å²) in [7, 11) is 0. The fourth-order valence-corrected chi connectivity index (χ4v) is 0.706. The van der Waals surface area contributed by atoms with Crippen LogP contribution in [0.3, 0.4) is 0 Å². The molecule has 0 aromatic carbocycles. The van der Waals surface area contributed by atoms with E-state index in [1.807, 2.05) is 0 Å². The molecule has 0 aliphatic carbocycles. The first-order valence-corrected chi connectivity index (χ1v) is 3.91. The molecule has 0 saturated carbocycles. The molecule has 0 rings (SSSR count). The van der Waals surface area contributed by atoms with Crippen molar-refractivity contribution < 1.29 is 29.3 Å². The highest BCUT2D eigenvalue weighted by Gasteiger charge is 2.16. The maximum absolute atomic E-state index is 10.8. The minimum absolute atomic E-state index is 0.0394. The third-order valence-electron chi connectivity index (χ3n) is 1.39. The van der Waals surface area contributed by atoms with Gasteiger partial charge in [-0.05, 0) is 6.42 Å². The summed E-state index contributed by atoms with van der Waals surface area (Å²) in [4.78, 5) is 21.5. The Morgan fingerprint density at radius 1 is 1.21 bits per heavy atom. The van der Waals surface area contributed by atoms with E-state index in [1.165, 1.54) is 0 Å². The lowest BCUT2D eigenvalue weighted by Gasteiger charge is -2.08. The molecule has 1 atom stereocenters. The van der Waals surface area contributed by atoms with Crippen LogP contribution in [0.15, 0.2) is 0 Å². The van der Waals surface area contributed by atoms with E-state index in [0.29, 0.717) is 0 Å². The quantitative estimate of drug-likeness (QED) is 0.343. The van der Waals surface area contributed by atoms with Crippen LogP contribution in [0.4, 0.5) is 0 Å². The molecular weight excluding hydrogens is 194 g/mol. The van der Waals surface area contributed by atoms with Crippen molar-refractivity contribution >= 4 is 11.9 Å². The van der Waals surface area contributed by atoms with Gasteiger partial charge in [0.2, 0.25) is 0 Å². The smallest absolute Gasteiger partial charge is 0.325 e. The summed E-state index contributed by atoms with van der Waals surface area (Å²) >= 11 is 0. The first kappa shape index (κ1) is 12.8. The lowest BCUT2D eigenvalue weighted by molar-refractivity contribution is -0.154. The first-order chi connectivity index (χ1) is 6.61. The van der Waals surface area contributed by atoms with Gasteiger partial charge in [-0.25, -0.2) is 0 Å². The summed E-state index contributed by atoms with van der Waals surface area (Å²) in [5.41, 5.74) is 5.29. The molecule has 7 nitrogen and oxygen atoms in total. The number of nitrogens with two attached hydrogens (primary N) is 1. The van der Waals surface area contributed by atoms with Crippen molar-refractivity contribution in [3.05, 3.63) is 0 Å². The normalized spacial score (nSPS) is 11.9. The number of ether oxygens (including phenoxy) is 2. The molecule has 0 saturated heterocycles. The van der Waals surface area contributed by atoms with Gasteiger partial charge in [-0.15, -0.1) is 0 Å². The predicted molar refractivity (Wildman–Crippen MR) is 43.6 cm³/mol. The fraction of sp³-hybridized carbons (Fsp3) is 0.714. The second-order valence-electron chi connectivity index (χ2n) is 2.38. The summed E-state index contributed by atoms with van der Waals surface area (Å²) in [5, 5.41) is 16.4. The zero-order valence-electron chi connectivity index (χ0n) is 7.51. The van der Waals surface area contributed by atoms with Crippen LogP contribution >= 0.6 is 0 Å². The van der Waals surface area contributed by atoms with E-state index in [0.717, 1.165) is 0 Å². The largest absolute Gasteiger partial charge is 0.439 e. The highest BCUT2D eigenvalue weighted by atomic mass is 16.6. The van der Waals surface area contributed by atoms with E-state index in [2.05, 4.69) is 9.47 Å². The predicted octanol–water partition coefficient (Wildman–Crippen LogP) is -1.92. The Hall–Kier alpha value is -1.18. The van der Waals surface area contributed by atoms with Crippen molar-refractivity contribution in [1.82, 2.24) is 0 Å². The van der Waals surface area contributed by atoms with Crippen molar-refractivity contribution in [2.45, 2.75) is 18.9 Å². The lowest BCUT2D eigenvalue weighted by atomic mass is 10.2. The van der Waals surface area contributed by atoms with E-state index in [1.54, 1.807) is 0 Å². The molecule has 14 heavy (non-hydrogen) atoms. The van der Waals surface area contributed by atoms with Crippen LogP contribution in [-0.2, 0) is 19.1 Å². The average Bonchev–Trinajstić information content (AvgIpc) is 2.15. The van der Waals surface area contributed by atoms with Crippen molar-refractivity contribution in [1.29, 1.82) is 0 Å². The van der Waals surface area contributed by atoms with Crippen molar-refractivity contribution in [3.8, 4) is 0 Å². The Kier molecular flexibility index (Phi) is 6.63. The Bertz CT molecular complexity index is 195. The standard InChI is InChI=1S/C7H13NO6/c8-5(7(12)14-4-10)1-2-6(11)13-3-9/h5,9-10H,1-4,8H2/t5-/m0/s1. The molecule has 0 aliphatic heterocycles. The van der Waals surface area contributed by atoms with Gasteiger partial charge in [-0.1, -0.05) is 0 Å². The molecule has 0 heterocycles. The van der Waals surface area contributed by atoms with E-state index in [4.69, 9.17) is 15.9 Å². The highest BCUT2D eigenvalue weighted by molar-refractivity contribution is 5.76. The van der Waals surface area contributed by atoms with Gasteiger partial charge in [-0.2, -0.15) is 0 Å². The van der Waals surface area contributed by atoms with Gasteiger partial charge in [0.05, 0.1) is 0 Å². The van der Waals surface area contributed by atoms with E-state index < -0.39 is 31.6 Å². The highest BCUT2D eigenvalue weighted by Crippen LogP contribution is 1.98. The maximum atomic E-state index is 10.8. The van der Waals surface area contributed by atoms with Gasteiger partial charge in [-0.3, -0.25) is 9.59 Å². The van der Waals surface area contributed by atoms with Crippen molar-refractivity contribution in [2.24, 2.45) is 5.73 Å². The van der Waals surface area contributed by atoms with Gasteiger partial charge in [0.15, 0.2) is 13.6 Å². The van der Waals surface area contributed by atoms with Crippen LogP contribution in [0.5, 0.6) is 0 Å². The van der Waals surface area contributed by atoms with E-state index >= 15 is 0 Å². The van der Waals surface area contributed by atoms with Gasteiger partial charge in [0.25, 0.3) is 0 Å². The van der Waals surface area contributed by atoms with Crippen LogP contribution in [0, 0.1) is 0 Å². The molecule has 0 bridgehead atoms. The molecule has 0 unspecified atom stereocenters. The van der Waals surface area contributed by atoms with Gasteiger partial charge >= 0.3 is 11.9 Å². The average molecular weight is 207 g/mol. The number of rotatable bonds is 6. The summed E-state index contributed by atoms with van der Waals surface area (Å²) < 4.78 is 8.38. The number of hydrogen-bond donors (Lipinski definition) is 3. The molecule has 4 N–H and O–H groups in total. The van der Waals surface area contributed by atoms with E-state index in [-0.39, 0.29) is 12.8 Å². The molecule has 0 spiro atoms. The van der Waals surface area contributed by atoms with Crippen LogP contribution in [0.1, 0.15) is 12.8 Å². The van der Waals surface area contributed by atoms with Crippen molar-refractivity contribution in [2.75, 3.05) is 13.6 Å². The van der Waals surface area contributed by atoms with Gasteiger partial charge in [0, 0.05) is 6.42 Å². The molecule has 7 heteroatoms. The van der Waals surface area contributed by atoms with Crippen LogP contribution < -0.4 is 5.73 Å². The lowest BCUT2D eigenvalue weighted by Crippen LogP contribution is -2.33. The molecule has 0 amide bonds. The minimum Gasteiger partial charge on any atom is -0.439 e. The molecule has 0 aromatic heterocycles. The molecule has 0 aliphatic rings. The van der Waals surface area contributed by atoms with Crippen LogP contribution in [-0.4, -0.2) is 41.8 Å². The van der Waals surface area contributed by atoms with Crippen LogP contribution in [0.2, 0.25) is 0 Å². The zero-order chi connectivity index (χ0) is 11.0. The minimum atomic E-state index is -0.978. The molecule has 0 radical (unpaired) electrons. The Balaban J connectivity index is 3.67. The fourth-order valence-electron chi connectivity index (χ4n) is 0.706. The van der Waals surface area contributed by atoms with Gasteiger partial charge < -0.3 is 25.4 Å². The number of aliphatic hydroxyl groups excluding tert-OH is 2. The third kappa shape index (κ3) is 5.46. The molecular formula is C7H13NO6. The summed E-state index contributed by atoms with van der Waals surface area (Å²) in [6.45, 7) is -1.44. The first-order valence-electron chi connectivity index (χ1n) is 3.91. The summed E-state index contributed by atoms with van der Waals surface area (Å²) in [6.07, 6.45) is -0.0556. The second-order valence-corrected chi connectivity index (χ2v) is 2.38. The molecule has 0 aromatic rings. The van der Waals surface area contributed by atoms with E-state index in [9.17, 15) is 9.59 Å². The summed E-state index contributed by atoms with van der Waals surface area (Å²) in [6, 6.07) is -0.978. The molecule has 82 valence electrons. The number of carbonyl (C=O) groups excluding carboxylic acids is 2. The number of aliphatic hydroxyl groups is 2. The monoisotopic (exact) mass is 207 g/mol. The number of carbonyl (C=O) groups is 2. The SMILES string of the molecule is N[C@@H](CCC(=O)OCO)C(=O)OCO. The Morgan fingerprint density at radius 3 is 2.29 bits per heavy atom.